The van der Waals surface area contributed by atoms with Crippen molar-refractivity contribution in [1.82, 2.24) is 15.1 Å². The van der Waals surface area contributed by atoms with E-state index >= 15 is 0 Å². The Hall–Kier alpha value is -2.57. The summed E-state index contributed by atoms with van der Waals surface area (Å²) >= 11 is 0. The van der Waals surface area contributed by atoms with Gasteiger partial charge in [-0.1, -0.05) is 39.0 Å². The molecular weight excluding hydrogens is 392 g/mol. The Morgan fingerprint density at radius 2 is 1.74 bits per heavy atom. The molecule has 0 saturated carbocycles. The van der Waals surface area contributed by atoms with E-state index in [0.29, 0.717) is 44.9 Å². The SMILES string of the molecule is CCC(C)NC(=O)CN1CN(c2ccccc2)C2(CCN(C(=O)CC(C)C)CC2)C1=O. The molecule has 1 aromatic carbocycles. The summed E-state index contributed by atoms with van der Waals surface area (Å²) in [4.78, 5) is 44.3. The number of carbonyl (C=O) groups is 3. The van der Waals surface area contributed by atoms with Crippen molar-refractivity contribution in [2.45, 2.75) is 65.0 Å². The molecule has 3 amide bonds. The third-order valence-electron chi connectivity index (χ3n) is 6.46. The highest BCUT2D eigenvalue weighted by atomic mass is 16.2. The fourth-order valence-corrected chi connectivity index (χ4v) is 4.52. The average molecular weight is 429 g/mol. The Kier molecular flexibility index (Phi) is 7.23. The summed E-state index contributed by atoms with van der Waals surface area (Å²) in [5.41, 5.74) is 0.273. The molecule has 2 heterocycles. The van der Waals surface area contributed by atoms with E-state index in [2.05, 4.69) is 10.2 Å². The van der Waals surface area contributed by atoms with Crippen molar-refractivity contribution in [3.05, 3.63) is 30.3 Å². The van der Waals surface area contributed by atoms with Crippen LogP contribution in [0.4, 0.5) is 5.69 Å². The molecule has 3 rings (SSSR count). The van der Waals surface area contributed by atoms with Crippen LogP contribution in [0.25, 0.3) is 0 Å². The zero-order chi connectivity index (χ0) is 22.6. The largest absolute Gasteiger partial charge is 0.352 e. The van der Waals surface area contributed by atoms with Crippen LogP contribution in [0.1, 0.15) is 53.4 Å². The van der Waals surface area contributed by atoms with Gasteiger partial charge in [-0.05, 0) is 44.2 Å². The van der Waals surface area contributed by atoms with E-state index in [4.69, 9.17) is 0 Å². The minimum Gasteiger partial charge on any atom is -0.352 e. The first kappa shape index (κ1) is 23.1. The fourth-order valence-electron chi connectivity index (χ4n) is 4.52. The van der Waals surface area contributed by atoms with Gasteiger partial charge in [0.2, 0.25) is 11.8 Å². The van der Waals surface area contributed by atoms with Gasteiger partial charge in [-0.2, -0.15) is 0 Å². The number of benzene rings is 1. The lowest BCUT2D eigenvalue weighted by atomic mass is 9.85. The standard InChI is InChI=1S/C24H36N4O3/c1-5-19(4)25-21(29)16-27-17-28(20-9-7-6-8-10-20)24(23(27)31)11-13-26(14-12-24)22(30)15-18(2)3/h6-10,18-19H,5,11-17H2,1-4H3,(H,25,29). The molecule has 7 heteroatoms. The molecule has 2 saturated heterocycles. The van der Waals surface area contributed by atoms with Gasteiger partial charge in [-0.3, -0.25) is 14.4 Å². The predicted molar refractivity (Wildman–Crippen MR) is 121 cm³/mol. The summed E-state index contributed by atoms with van der Waals surface area (Å²) in [7, 11) is 0. The predicted octanol–water partition coefficient (Wildman–Crippen LogP) is 2.61. The first-order valence-electron chi connectivity index (χ1n) is 11.5. The quantitative estimate of drug-likeness (QED) is 0.725. The zero-order valence-corrected chi connectivity index (χ0v) is 19.3. The molecule has 1 unspecified atom stereocenters. The van der Waals surface area contributed by atoms with Gasteiger partial charge >= 0.3 is 0 Å². The van der Waals surface area contributed by atoms with Crippen LogP contribution in [-0.4, -0.2) is 65.4 Å². The molecule has 31 heavy (non-hydrogen) atoms. The number of nitrogens with one attached hydrogen (secondary N) is 1. The molecule has 1 aromatic rings. The second kappa shape index (κ2) is 9.71. The lowest BCUT2D eigenvalue weighted by Gasteiger charge is -2.43. The molecule has 0 radical (unpaired) electrons. The molecule has 2 aliphatic heterocycles. The van der Waals surface area contributed by atoms with Crippen molar-refractivity contribution >= 4 is 23.4 Å². The molecule has 170 valence electrons. The van der Waals surface area contributed by atoms with E-state index in [1.54, 1.807) is 4.90 Å². The second-order valence-corrected chi connectivity index (χ2v) is 9.30. The maximum absolute atomic E-state index is 13.6. The summed E-state index contributed by atoms with van der Waals surface area (Å²) in [5.74, 6) is 0.340. The Labute approximate surface area is 185 Å². The molecule has 1 N–H and O–H groups in total. The number of piperidine rings is 1. The summed E-state index contributed by atoms with van der Waals surface area (Å²) < 4.78 is 0. The molecule has 2 aliphatic rings. The fraction of sp³-hybridized carbons (Fsp3) is 0.625. The summed E-state index contributed by atoms with van der Waals surface area (Å²) in [6.07, 6.45) is 2.54. The van der Waals surface area contributed by atoms with E-state index in [0.717, 1.165) is 12.1 Å². The minimum absolute atomic E-state index is 0.00777. The van der Waals surface area contributed by atoms with Gasteiger partial charge in [0.25, 0.3) is 5.91 Å². The normalized spacial score (nSPS) is 19.3. The average Bonchev–Trinajstić information content (AvgIpc) is 3.00. The summed E-state index contributed by atoms with van der Waals surface area (Å²) in [6.45, 7) is 9.65. The third-order valence-corrected chi connectivity index (χ3v) is 6.46. The van der Waals surface area contributed by atoms with Gasteiger partial charge in [0, 0.05) is 31.2 Å². The highest BCUT2D eigenvalue weighted by Crippen LogP contribution is 2.39. The number of para-hydroxylation sites is 1. The zero-order valence-electron chi connectivity index (χ0n) is 19.3. The van der Waals surface area contributed by atoms with Gasteiger partial charge < -0.3 is 20.0 Å². The van der Waals surface area contributed by atoms with Crippen LogP contribution in [-0.2, 0) is 14.4 Å². The number of hydrogen-bond acceptors (Lipinski definition) is 4. The Balaban J connectivity index is 1.78. The summed E-state index contributed by atoms with van der Waals surface area (Å²) in [5, 5.41) is 2.96. The van der Waals surface area contributed by atoms with Crippen LogP contribution in [0.2, 0.25) is 0 Å². The van der Waals surface area contributed by atoms with Crippen molar-refractivity contribution in [3.8, 4) is 0 Å². The lowest BCUT2D eigenvalue weighted by molar-refractivity contribution is -0.140. The molecule has 1 spiro atoms. The number of rotatable bonds is 7. The Morgan fingerprint density at radius 1 is 1.10 bits per heavy atom. The number of anilines is 1. The van der Waals surface area contributed by atoms with Gasteiger partial charge in [-0.15, -0.1) is 0 Å². The molecule has 7 nitrogen and oxygen atoms in total. The summed E-state index contributed by atoms with van der Waals surface area (Å²) in [6, 6.07) is 9.99. The van der Waals surface area contributed by atoms with Crippen molar-refractivity contribution in [3.63, 3.8) is 0 Å². The van der Waals surface area contributed by atoms with E-state index < -0.39 is 5.54 Å². The van der Waals surface area contributed by atoms with E-state index in [1.807, 2.05) is 62.9 Å². The molecular formula is C24H36N4O3. The Morgan fingerprint density at radius 3 is 2.32 bits per heavy atom. The Bertz CT molecular complexity index is 787. The third kappa shape index (κ3) is 5.02. The van der Waals surface area contributed by atoms with Gasteiger partial charge in [-0.25, -0.2) is 0 Å². The molecule has 0 aromatic heterocycles. The van der Waals surface area contributed by atoms with E-state index in [-0.39, 0.29) is 30.3 Å². The maximum Gasteiger partial charge on any atom is 0.250 e. The number of nitrogens with zero attached hydrogens (tertiary/aromatic N) is 3. The van der Waals surface area contributed by atoms with Crippen LogP contribution >= 0.6 is 0 Å². The van der Waals surface area contributed by atoms with Crippen molar-refractivity contribution < 1.29 is 14.4 Å². The second-order valence-electron chi connectivity index (χ2n) is 9.30. The van der Waals surface area contributed by atoms with Crippen LogP contribution in [0.5, 0.6) is 0 Å². The first-order chi connectivity index (χ1) is 14.8. The molecule has 0 aliphatic carbocycles. The number of likely N-dealkylation sites (tertiary alicyclic amines) is 1. The maximum atomic E-state index is 13.6. The van der Waals surface area contributed by atoms with Crippen molar-refractivity contribution in [2.24, 2.45) is 5.92 Å². The smallest absolute Gasteiger partial charge is 0.250 e. The van der Waals surface area contributed by atoms with Crippen molar-refractivity contribution in [2.75, 3.05) is 31.2 Å². The van der Waals surface area contributed by atoms with Crippen LogP contribution in [0.15, 0.2) is 30.3 Å². The highest BCUT2D eigenvalue weighted by Gasteiger charge is 2.54. The first-order valence-corrected chi connectivity index (χ1v) is 11.5. The number of carbonyl (C=O) groups excluding carboxylic acids is 3. The van der Waals surface area contributed by atoms with Crippen LogP contribution in [0.3, 0.4) is 0 Å². The van der Waals surface area contributed by atoms with Crippen LogP contribution < -0.4 is 10.2 Å². The lowest BCUT2D eigenvalue weighted by Crippen LogP contribution is -2.57. The van der Waals surface area contributed by atoms with Crippen LogP contribution in [0, 0.1) is 5.92 Å². The number of amides is 3. The molecule has 1 atom stereocenters. The highest BCUT2D eigenvalue weighted by molar-refractivity contribution is 5.96. The minimum atomic E-state index is -0.702. The van der Waals surface area contributed by atoms with Gasteiger partial charge in [0.1, 0.15) is 12.1 Å². The van der Waals surface area contributed by atoms with E-state index in [1.165, 1.54) is 0 Å². The van der Waals surface area contributed by atoms with Gasteiger partial charge in [0.05, 0.1) is 6.67 Å². The van der Waals surface area contributed by atoms with Crippen molar-refractivity contribution in [1.29, 1.82) is 0 Å². The molecule has 2 fully saturated rings. The topological polar surface area (TPSA) is 73.0 Å². The molecule has 0 bridgehead atoms. The number of hydrogen-bond donors (Lipinski definition) is 1. The monoisotopic (exact) mass is 428 g/mol. The van der Waals surface area contributed by atoms with Gasteiger partial charge in [0.15, 0.2) is 0 Å². The van der Waals surface area contributed by atoms with E-state index in [9.17, 15) is 14.4 Å².